The van der Waals surface area contributed by atoms with Gasteiger partial charge in [-0.2, -0.15) is 13.2 Å². The van der Waals surface area contributed by atoms with Crippen LogP contribution in [0.4, 0.5) is 13.2 Å². The zero-order valence-electron chi connectivity index (χ0n) is 11.3. The number of nitrogens with zero attached hydrogens (tertiary/aromatic N) is 1. The predicted octanol–water partition coefficient (Wildman–Crippen LogP) is 3.58. The summed E-state index contributed by atoms with van der Waals surface area (Å²) in [6, 6.07) is 8.74. The Hall–Kier alpha value is -2.08. The van der Waals surface area contributed by atoms with Crippen molar-refractivity contribution < 1.29 is 23.0 Å². The van der Waals surface area contributed by atoms with E-state index in [-0.39, 0.29) is 5.69 Å². The van der Waals surface area contributed by atoms with E-state index in [0.717, 1.165) is 6.07 Å². The fourth-order valence-corrected chi connectivity index (χ4v) is 1.82. The summed E-state index contributed by atoms with van der Waals surface area (Å²) in [7, 11) is 0. The minimum atomic E-state index is -4.43. The first kappa shape index (κ1) is 15.3. The third-order valence-corrected chi connectivity index (χ3v) is 2.90. The van der Waals surface area contributed by atoms with E-state index < -0.39 is 17.8 Å². The van der Waals surface area contributed by atoms with Crippen molar-refractivity contribution >= 4 is 0 Å². The van der Waals surface area contributed by atoms with Crippen molar-refractivity contribution in [3.63, 3.8) is 0 Å². The number of hydrogen-bond donors (Lipinski definition) is 1. The van der Waals surface area contributed by atoms with Crippen LogP contribution in [0.25, 0.3) is 0 Å². The normalized spacial score (nSPS) is 13.0. The standard InChI is InChI=1S/C15H14F3NO2/c1-2-21-12-6-3-10(4-7-12)14(20)13-8-5-11(9-19-13)15(16,17)18/h3-9,14,20H,2H2,1H3. The molecule has 1 atom stereocenters. The maximum absolute atomic E-state index is 12.4. The summed E-state index contributed by atoms with van der Waals surface area (Å²) in [6.07, 6.45) is -4.80. The van der Waals surface area contributed by atoms with Crippen LogP contribution in [0.1, 0.15) is 29.8 Å². The summed E-state index contributed by atoms with van der Waals surface area (Å²) in [5.74, 6) is 0.661. The molecule has 0 bridgehead atoms. The van der Waals surface area contributed by atoms with Crippen molar-refractivity contribution in [1.82, 2.24) is 4.98 Å². The number of aliphatic hydroxyl groups is 1. The largest absolute Gasteiger partial charge is 0.494 e. The number of aromatic nitrogens is 1. The van der Waals surface area contributed by atoms with Crippen molar-refractivity contribution in [1.29, 1.82) is 0 Å². The second-order valence-electron chi connectivity index (χ2n) is 4.37. The monoisotopic (exact) mass is 297 g/mol. The number of ether oxygens (including phenoxy) is 1. The highest BCUT2D eigenvalue weighted by Crippen LogP contribution is 2.30. The number of aliphatic hydroxyl groups excluding tert-OH is 1. The Morgan fingerprint density at radius 3 is 2.29 bits per heavy atom. The lowest BCUT2D eigenvalue weighted by atomic mass is 10.1. The summed E-state index contributed by atoms with van der Waals surface area (Å²) >= 11 is 0. The Bertz CT molecular complexity index is 579. The molecule has 1 heterocycles. The highest BCUT2D eigenvalue weighted by Gasteiger charge is 2.30. The fourth-order valence-electron chi connectivity index (χ4n) is 1.82. The lowest BCUT2D eigenvalue weighted by molar-refractivity contribution is -0.137. The van der Waals surface area contributed by atoms with Gasteiger partial charge in [-0.3, -0.25) is 4.98 Å². The van der Waals surface area contributed by atoms with Gasteiger partial charge >= 0.3 is 6.18 Å². The van der Waals surface area contributed by atoms with Crippen LogP contribution in [0.15, 0.2) is 42.6 Å². The van der Waals surface area contributed by atoms with Crippen LogP contribution in [0.5, 0.6) is 5.75 Å². The van der Waals surface area contributed by atoms with Crippen LogP contribution in [0, 0.1) is 0 Å². The third kappa shape index (κ3) is 3.72. The number of rotatable bonds is 4. The molecular formula is C15H14F3NO2. The quantitative estimate of drug-likeness (QED) is 0.938. The molecule has 0 aliphatic heterocycles. The van der Waals surface area contributed by atoms with Crippen molar-refractivity contribution in [3.8, 4) is 5.75 Å². The molecule has 0 amide bonds. The molecule has 0 fully saturated rings. The van der Waals surface area contributed by atoms with Gasteiger partial charge in [0, 0.05) is 6.20 Å². The van der Waals surface area contributed by atoms with E-state index in [2.05, 4.69) is 4.98 Å². The highest BCUT2D eigenvalue weighted by atomic mass is 19.4. The van der Waals surface area contributed by atoms with E-state index in [0.29, 0.717) is 24.1 Å². The first-order valence-corrected chi connectivity index (χ1v) is 6.35. The van der Waals surface area contributed by atoms with Gasteiger partial charge in [-0.1, -0.05) is 12.1 Å². The van der Waals surface area contributed by atoms with E-state index in [4.69, 9.17) is 4.74 Å². The Labute approximate surface area is 120 Å². The molecule has 0 aliphatic carbocycles. The smallest absolute Gasteiger partial charge is 0.417 e. The Kier molecular flexibility index (Phi) is 4.47. The van der Waals surface area contributed by atoms with Gasteiger partial charge in [0.1, 0.15) is 11.9 Å². The van der Waals surface area contributed by atoms with Crippen molar-refractivity contribution in [3.05, 3.63) is 59.4 Å². The predicted molar refractivity (Wildman–Crippen MR) is 70.9 cm³/mol. The van der Waals surface area contributed by atoms with Gasteiger partial charge in [0.25, 0.3) is 0 Å². The van der Waals surface area contributed by atoms with Crippen LogP contribution in [0.2, 0.25) is 0 Å². The van der Waals surface area contributed by atoms with Gasteiger partial charge in [0.2, 0.25) is 0 Å². The summed E-state index contributed by atoms with van der Waals surface area (Å²) in [5.41, 5.74) is -0.150. The molecule has 112 valence electrons. The maximum Gasteiger partial charge on any atom is 0.417 e. The molecule has 2 aromatic rings. The molecule has 0 saturated carbocycles. The van der Waals surface area contributed by atoms with Gasteiger partial charge in [0.05, 0.1) is 17.9 Å². The molecule has 3 nitrogen and oxygen atoms in total. The molecule has 0 radical (unpaired) electrons. The zero-order valence-corrected chi connectivity index (χ0v) is 11.3. The van der Waals surface area contributed by atoms with Gasteiger partial charge < -0.3 is 9.84 Å². The molecular weight excluding hydrogens is 283 g/mol. The molecule has 2 rings (SSSR count). The van der Waals surface area contributed by atoms with Crippen molar-refractivity contribution in [2.24, 2.45) is 0 Å². The summed E-state index contributed by atoms with van der Waals surface area (Å²) in [6.45, 7) is 2.39. The number of pyridine rings is 1. The van der Waals surface area contributed by atoms with Gasteiger partial charge in [-0.25, -0.2) is 0 Å². The van der Waals surface area contributed by atoms with E-state index in [1.165, 1.54) is 6.07 Å². The van der Waals surface area contributed by atoms with Gasteiger partial charge in [-0.15, -0.1) is 0 Å². The molecule has 1 N–H and O–H groups in total. The summed E-state index contributed by atoms with van der Waals surface area (Å²) in [4.78, 5) is 3.68. The van der Waals surface area contributed by atoms with Gasteiger partial charge in [-0.05, 0) is 36.8 Å². The van der Waals surface area contributed by atoms with Crippen LogP contribution < -0.4 is 4.74 Å². The Balaban J connectivity index is 2.17. The second-order valence-corrected chi connectivity index (χ2v) is 4.37. The van der Waals surface area contributed by atoms with Crippen molar-refractivity contribution in [2.75, 3.05) is 6.61 Å². The lowest BCUT2D eigenvalue weighted by Crippen LogP contribution is -2.08. The Morgan fingerprint density at radius 1 is 1.14 bits per heavy atom. The highest BCUT2D eigenvalue weighted by molar-refractivity contribution is 5.32. The maximum atomic E-state index is 12.4. The molecule has 21 heavy (non-hydrogen) atoms. The topological polar surface area (TPSA) is 42.4 Å². The summed E-state index contributed by atoms with van der Waals surface area (Å²) < 4.78 is 42.6. The number of alkyl halides is 3. The van der Waals surface area contributed by atoms with Crippen molar-refractivity contribution in [2.45, 2.75) is 19.2 Å². The minimum absolute atomic E-state index is 0.159. The van der Waals surface area contributed by atoms with Crippen LogP contribution >= 0.6 is 0 Å². The Morgan fingerprint density at radius 2 is 1.81 bits per heavy atom. The third-order valence-electron chi connectivity index (χ3n) is 2.90. The van der Waals surface area contributed by atoms with E-state index in [1.807, 2.05) is 6.92 Å². The minimum Gasteiger partial charge on any atom is -0.494 e. The zero-order chi connectivity index (χ0) is 15.5. The average Bonchev–Trinajstić information content (AvgIpc) is 2.47. The first-order valence-electron chi connectivity index (χ1n) is 6.35. The average molecular weight is 297 g/mol. The molecule has 1 aromatic carbocycles. The summed E-state index contributed by atoms with van der Waals surface area (Å²) in [5, 5.41) is 10.1. The SMILES string of the molecule is CCOc1ccc(C(O)c2ccc(C(F)(F)F)cn2)cc1. The number of halogens is 3. The number of benzene rings is 1. The molecule has 0 saturated heterocycles. The lowest BCUT2D eigenvalue weighted by Gasteiger charge is -2.13. The van der Waals surface area contributed by atoms with Crippen LogP contribution in [-0.2, 0) is 6.18 Å². The fraction of sp³-hybridized carbons (Fsp3) is 0.267. The second kappa shape index (κ2) is 6.13. The molecule has 1 unspecified atom stereocenters. The van der Waals surface area contributed by atoms with E-state index in [9.17, 15) is 18.3 Å². The molecule has 0 spiro atoms. The first-order chi connectivity index (χ1) is 9.91. The number of hydrogen-bond acceptors (Lipinski definition) is 3. The van der Waals surface area contributed by atoms with Crippen LogP contribution in [0.3, 0.4) is 0 Å². The molecule has 6 heteroatoms. The van der Waals surface area contributed by atoms with E-state index in [1.54, 1.807) is 24.3 Å². The van der Waals surface area contributed by atoms with Crippen LogP contribution in [-0.4, -0.2) is 16.7 Å². The molecule has 0 aliphatic rings. The van der Waals surface area contributed by atoms with E-state index >= 15 is 0 Å². The molecule has 1 aromatic heterocycles. The van der Waals surface area contributed by atoms with Gasteiger partial charge in [0.15, 0.2) is 0 Å².